The van der Waals surface area contributed by atoms with Crippen LogP contribution in [0.5, 0.6) is 0 Å². The lowest BCUT2D eigenvalue weighted by Gasteiger charge is -2.08. The fraction of sp³-hybridized carbons (Fsp3) is 0.400. The number of hydrogen-bond acceptors (Lipinski definition) is 4. The molecule has 0 saturated heterocycles. The van der Waals surface area contributed by atoms with Crippen molar-refractivity contribution >= 4 is 35.3 Å². The molecule has 84 valence electrons. The van der Waals surface area contributed by atoms with Crippen molar-refractivity contribution in [3.05, 3.63) is 33.7 Å². The van der Waals surface area contributed by atoms with Crippen LogP contribution in [0.15, 0.2) is 33.7 Å². The monoisotopic (exact) mass is 263 g/mol. The van der Waals surface area contributed by atoms with E-state index in [1.165, 1.54) is 0 Å². The molecule has 0 fully saturated rings. The van der Waals surface area contributed by atoms with E-state index in [0.29, 0.717) is 5.88 Å². The summed E-state index contributed by atoms with van der Waals surface area (Å²) in [5, 5.41) is 8.92. The number of rotatable bonds is 6. The van der Waals surface area contributed by atoms with Gasteiger partial charge in [0.15, 0.2) is 0 Å². The highest BCUT2D eigenvalue weighted by Crippen LogP contribution is 2.27. The van der Waals surface area contributed by atoms with E-state index >= 15 is 0 Å². The molecule has 5 heteroatoms. The average molecular weight is 264 g/mol. The van der Waals surface area contributed by atoms with Gasteiger partial charge in [-0.15, -0.1) is 23.4 Å². The predicted molar refractivity (Wildman–Crippen MR) is 70.9 cm³/mol. The van der Waals surface area contributed by atoms with Gasteiger partial charge in [0.05, 0.1) is 10.8 Å². The smallest absolute Gasteiger partial charge is 0.0648 e. The van der Waals surface area contributed by atoms with Gasteiger partial charge in [0.25, 0.3) is 0 Å². The van der Waals surface area contributed by atoms with Gasteiger partial charge in [-0.25, -0.2) is 0 Å². The Bertz CT molecular complexity index is 300. The molecule has 0 heterocycles. The Balaban J connectivity index is 2.30. The molecule has 2 N–H and O–H groups in total. The molecule has 2 nitrogen and oxygen atoms in total. The summed E-state index contributed by atoms with van der Waals surface area (Å²) < 4.78 is 4.40. The molecule has 1 aliphatic rings. The number of thioether (sulfide) groups is 1. The molecule has 0 aromatic rings. The van der Waals surface area contributed by atoms with Gasteiger partial charge in [0.1, 0.15) is 0 Å². The lowest BCUT2D eigenvalue weighted by atomic mass is 10.2. The van der Waals surface area contributed by atoms with E-state index in [1.54, 1.807) is 23.7 Å². The number of alkyl halides is 1. The Morgan fingerprint density at radius 3 is 3.00 bits per heavy atom. The zero-order chi connectivity index (χ0) is 11.1. The molecule has 1 rings (SSSR count). The molecule has 1 aliphatic carbocycles. The van der Waals surface area contributed by atoms with Gasteiger partial charge in [-0.2, -0.15) is 0 Å². The number of halogens is 1. The highest BCUT2D eigenvalue weighted by atomic mass is 35.5. The highest BCUT2D eigenvalue weighted by molar-refractivity contribution is 8.21. The molecule has 0 radical (unpaired) electrons. The van der Waals surface area contributed by atoms with Crippen molar-refractivity contribution in [2.24, 2.45) is 0 Å². The first-order chi connectivity index (χ1) is 7.30. The first-order valence-corrected chi connectivity index (χ1v) is 7.10. The lowest BCUT2D eigenvalue weighted by molar-refractivity contribution is 0.329. The standard InChI is InChI=1S/C10H14ClNOS2/c1-14-10(4-5-11)15-12-9-3-2-8(6-9)7-13/h2-4,12-13H,5-7H2,1H3/b10-4+. The fourth-order valence-electron chi connectivity index (χ4n) is 1.11. The van der Waals surface area contributed by atoms with Crippen LogP contribution in [0.4, 0.5) is 0 Å². The summed E-state index contributed by atoms with van der Waals surface area (Å²) in [6, 6.07) is 0. The van der Waals surface area contributed by atoms with E-state index in [-0.39, 0.29) is 6.61 Å². The molecular formula is C10H14ClNOS2. The maximum atomic E-state index is 8.92. The van der Waals surface area contributed by atoms with Gasteiger partial charge >= 0.3 is 0 Å². The SMILES string of the molecule is CS/C(=C\CCl)SNC1=CC=C(CO)C1. The van der Waals surface area contributed by atoms with Gasteiger partial charge in [-0.3, -0.25) is 0 Å². The first kappa shape index (κ1) is 13.0. The third-order valence-electron chi connectivity index (χ3n) is 1.87. The Morgan fingerprint density at radius 2 is 2.47 bits per heavy atom. The molecule has 0 aliphatic heterocycles. The van der Waals surface area contributed by atoms with Gasteiger partial charge in [0.2, 0.25) is 0 Å². The van der Waals surface area contributed by atoms with E-state index in [9.17, 15) is 0 Å². The Hall–Kier alpha value is -0.0300. The maximum Gasteiger partial charge on any atom is 0.0648 e. The van der Waals surface area contributed by atoms with E-state index in [1.807, 2.05) is 24.5 Å². The molecule has 0 bridgehead atoms. The van der Waals surface area contributed by atoms with Crippen molar-refractivity contribution in [2.75, 3.05) is 18.7 Å². The van der Waals surface area contributed by atoms with Crippen LogP contribution in [-0.2, 0) is 0 Å². The fourth-order valence-corrected chi connectivity index (χ4v) is 2.69. The zero-order valence-corrected chi connectivity index (χ0v) is 10.9. The summed E-state index contributed by atoms with van der Waals surface area (Å²) in [5.41, 5.74) is 2.17. The Morgan fingerprint density at radius 1 is 1.67 bits per heavy atom. The summed E-state index contributed by atoms with van der Waals surface area (Å²) in [5.74, 6) is 0.532. The summed E-state index contributed by atoms with van der Waals surface area (Å²) in [7, 11) is 0. The number of aliphatic hydroxyl groups is 1. The van der Waals surface area contributed by atoms with Crippen molar-refractivity contribution in [2.45, 2.75) is 6.42 Å². The Labute approximate surface area is 104 Å². The molecule has 0 amide bonds. The van der Waals surface area contributed by atoms with Crippen molar-refractivity contribution in [1.29, 1.82) is 0 Å². The highest BCUT2D eigenvalue weighted by Gasteiger charge is 2.07. The second-order valence-electron chi connectivity index (χ2n) is 2.94. The molecule has 0 atom stereocenters. The van der Waals surface area contributed by atoms with E-state index < -0.39 is 0 Å². The molecule has 0 aromatic carbocycles. The molecule has 15 heavy (non-hydrogen) atoms. The third-order valence-corrected chi connectivity index (χ3v) is 4.07. The van der Waals surface area contributed by atoms with E-state index in [0.717, 1.165) is 21.9 Å². The van der Waals surface area contributed by atoms with Gasteiger partial charge < -0.3 is 9.83 Å². The maximum absolute atomic E-state index is 8.92. The number of allylic oxidation sites excluding steroid dienone is 4. The largest absolute Gasteiger partial charge is 0.392 e. The minimum atomic E-state index is 0.138. The van der Waals surface area contributed by atoms with Crippen LogP contribution in [0.1, 0.15) is 6.42 Å². The average Bonchev–Trinajstić information content (AvgIpc) is 2.72. The van der Waals surface area contributed by atoms with Crippen LogP contribution in [0.25, 0.3) is 0 Å². The summed E-state index contributed by atoms with van der Waals surface area (Å²) in [6.45, 7) is 0.138. The van der Waals surface area contributed by atoms with Crippen LogP contribution in [0, 0.1) is 0 Å². The first-order valence-electron chi connectivity index (χ1n) is 4.52. The summed E-state index contributed by atoms with van der Waals surface area (Å²) in [4.78, 5) is 0. The molecule has 0 spiro atoms. The summed E-state index contributed by atoms with van der Waals surface area (Å²) >= 11 is 8.86. The van der Waals surface area contributed by atoms with Crippen LogP contribution >= 0.6 is 35.3 Å². The van der Waals surface area contributed by atoms with E-state index in [4.69, 9.17) is 16.7 Å². The number of hydrogen-bond donors (Lipinski definition) is 2. The zero-order valence-electron chi connectivity index (χ0n) is 8.50. The van der Waals surface area contributed by atoms with Crippen LogP contribution in [0.3, 0.4) is 0 Å². The minimum absolute atomic E-state index is 0.138. The van der Waals surface area contributed by atoms with Crippen molar-refractivity contribution in [3.8, 4) is 0 Å². The van der Waals surface area contributed by atoms with Crippen molar-refractivity contribution < 1.29 is 5.11 Å². The minimum Gasteiger partial charge on any atom is -0.392 e. The van der Waals surface area contributed by atoms with Gasteiger partial charge in [-0.05, 0) is 35.9 Å². The normalized spacial score (nSPS) is 16.3. The lowest BCUT2D eigenvalue weighted by Crippen LogP contribution is -2.02. The molecule has 0 saturated carbocycles. The topological polar surface area (TPSA) is 32.3 Å². The third kappa shape index (κ3) is 4.55. The second-order valence-corrected chi connectivity index (χ2v) is 5.20. The van der Waals surface area contributed by atoms with Crippen LogP contribution in [-0.4, -0.2) is 23.8 Å². The van der Waals surface area contributed by atoms with Gasteiger partial charge in [0, 0.05) is 18.0 Å². The molecular weight excluding hydrogens is 250 g/mol. The summed E-state index contributed by atoms with van der Waals surface area (Å²) in [6.07, 6.45) is 8.75. The molecule has 0 aromatic heterocycles. The quantitative estimate of drug-likeness (QED) is 0.570. The Kier molecular flexibility index (Phi) is 6.32. The van der Waals surface area contributed by atoms with Crippen LogP contribution < -0.4 is 4.72 Å². The number of nitrogens with one attached hydrogen (secondary N) is 1. The van der Waals surface area contributed by atoms with Gasteiger partial charge in [-0.1, -0.05) is 6.08 Å². The molecule has 0 unspecified atom stereocenters. The number of aliphatic hydroxyl groups excluding tert-OH is 1. The van der Waals surface area contributed by atoms with E-state index in [2.05, 4.69) is 4.72 Å². The van der Waals surface area contributed by atoms with Crippen molar-refractivity contribution in [3.63, 3.8) is 0 Å². The predicted octanol–water partition coefficient (Wildman–Crippen LogP) is 2.87. The second kappa shape index (κ2) is 7.28. The van der Waals surface area contributed by atoms with Crippen molar-refractivity contribution in [1.82, 2.24) is 4.72 Å². The van der Waals surface area contributed by atoms with Crippen LogP contribution in [0.2, 0.25) is 0 Å².